The van der Waals surface area contributed by atoms with Crippen LogP contribution in [-0.2, 0) is 4.79 Å². The number of methoxy groups -OCH3 is 1. The van der Waals surface area contributed by atoms with E-state index in [1.54, 1.807) is 72.8 Å². The zero-order valence-electron chi connectivity index (χ0n) is 22.9. The van der Waals surface area contributed by atoms with Gasteiger partial charge in [-0.25, -0.2) is 0 Å². The number of rotatable bonds is 9. The van der Waals surface area contributed by atoms with Gasteiger partial charge in [-0.15, -0.1) is 0 Å². The highest BCUT2D eigenvalue weighted by Crippen LogP contribution is 2.22. The molecule has 2 amide bonds. The van der Waals surface area contributed by atoms with Gasteiger partial charge in [0.25, 0.3) is 11.8 Å². The maximum Gasteiger partial charge on any atom is 0.272 e. The first-order chi connectivity index (χ1) is 20.5. The van der Waals surface area contributed by atoms with Crippen LogP contribution >= 0.6 is 0 Å². The second-order valence-electron chi connectivity index (χ2n) is 9.42. The molecule has 0 aromatic heterocycles. The number of ketones is 1. The van der Waals surface area contributed by atoms with E-state index in [9.17, 15) is 14.4 Å². The van der Waals surface area contributed by atoms with E-state index in [1.165, 1.54) is 7.11 Å². The monoisotopic (exact) mass is 552 g/mol. The van der Waals surface area contributed by atoms with Crippen molar-refractivity contribution in [1.82, 2.24) is 5.32 Å². The topological polar surface area (TPSA) is 84.5 Å². The predicted molar refractivity (Wildman–Crippen MR) is 167 cm³/mol. The molecule has 0 spiro atoms. The number of anilines is 1. The zero-order chi connectivity index (χ0) is 29.3. The minimum atomic E-state index is -0.528. The molecule has 0 atom stereocenters. The van der Waals surface area contributed by atoms with Crippen LogP contribution in [0.3, 0.4) is 0 Å². The summed E-state index contributed by atoms with van der Waals surface area (Å²) in [6.07, 6.45) is 4.91. The van der Waals surface area contributed by atoms with Crippen molar-refractivity contribution in [3.63, 3.8) is 0 Å². The average Bonchev–Trinajstić information content (AvgIpc) is 3.04. The number of ether oxygens (including phenoxy) is 1. The second-order valence-corrected chi connectivity index (χ2v) is 9.42. The lowest BCUT2D eigenvalue weighted by atomic mass is 10.0. The molecule has 0 aliphatic carbocycles. The van der Waals surface area contributed by atoms with Crippen molar-refractivity contribution in [3.05, 3.63) is 155 Å². The third kappa shape index (κ3) is 6.69. The number of hydrogen-bond acceptors (Lipinski definition) is 4. The van der Waals surface area contributed by atoms with E-state index < -0.39 is 11.8 Å². The van der Waals surface area contributed by atoms with Gasteiger partial charge in [-0.2, -0.15) is 0 Å². The standard InChI is InChI=1S/C36H28N2O4/c1-42-34-17-8-6-13-29(34)24-32(38-35(40)28-11-3-2-4-12-28)36(41)37-30-21-18-27(19-22-30)33(39)23-20-26-15-9-14-25-10-5-7-16-31(25)26/h2-24H,1H3,(H,37,41)(H,38,40)/b23-20+,32-24-. The van der Waals surface area contributed by atoms with E-state index in [4.69, 9.17) is 4.74 Å². The van der Waals surface area contributed by atoms with Crippen molar-refractivity contribution in [1.29, 1.82) is 0 Å². The molecule has 0 aliphatic rings. The number of allylic oxidation sites excluding steroid dienone is 1. The van der Waals surface area contributed by atoms with Crippen LogP contribution < -0.4 is 15.4 Å². The van der Waals surface area contributed by atoms with E-state index in [2.05, 4.69) is 10.6 Å². The molecule has 0 saturated heterocycles. The highest BCUT2D eigenvalue weighted by atomic mass is 16.5. The Hall–Kier alpha value is -5.75. The molecule has 0 fully saturated rings. The van der Waals surface area contributed by atoms with Crippen LogP contribution in [0.25, 0.3) is 22.9 Å². The Morgan fingerprint density at radius 1 is 0.667 bits per heavy atom. The van der Waals surface area contributed by atoms with E-state index in [1.807, 2.05) is 66.7 Å². The van der Waals surface area contributed by atoms with Crippen molar-refractivity contribution < 1.29 is 19.1 Å². The summed E-state index contributed by atoms with van der Waals surface area (Å²) in [6.45, 7) is 0. The number of amides is 2. The van der Waals surface area contributed by atoms with Crippen LogP contribution in [0.5, 0.6) is 5.75 Å². The molecule has 0 bridgehead atoms. The Labute approximate surface area is 244 Å². The summed E-state index contributed by atoms with van der Waals surface area (Å²) in [5.41, 5.74) is 2.97. The van der Waals surface area contributed by atoms with Gasteiger partial charge in [0, 0.05) is 22.4 Å². The van der Waals surface area contributed by atoms with Crippen LogP contribution in [-0.4, -0.2) is 24.7 Å². The summed E-state index contributed by atoms with van der Waals surface area (Å²) in [5.74, 6) is -0.560. The van der Waals surface area contributed by atoms with E-state index >= 15 is 0 Å². The summed E-state index contributed by atoms with van der Waals surface area (Å²) in [4.78, 5) is 39.1. The van der Waals surface area contributed by atoms with Crippen molar-refractivity contribution in [2.24, 2.45) is 0 Å². The molecule has 42 heavy (non-hydrogen) atoms. The second kappa shape index (κ2) is 13.1. The van der Waals surface area contributed by atoms with Gasteiger partial charge < -0.3 is 15.4 Å². The molecule has 6 heteroatoms. The maximum absolute atomic E-state index is 13.4. The molecular weight excluding hydrogens is 524 g/mol. The molecule has 0 heterocycles. The number of nitrogens with one attached hydrogen (secondary N) is 2. The largest absolute Gasteiger partial charge is 0.496 e. The third-order valence-electron chi connectivity index (χ3n) is 6.63. The van der Waals surface area contributed by atoms with Gasteiger partial charge in [-0.05, 0) is 71.0 Å². The Kier molecular flexibility index (Phi) is 8.65. The van der Waals surface area contributed by atoms with Crippen LogP contribution in [0.4, 0.5) is 5.69 Å². The number of carbonyl (C=O) groups is 3. The molecule has 5 rings (SSSR count). The normalized spacial score (nSPS) is 11.3. The van der Waals surface area contributed by atoms with Crippen LogP contribution in [0.15, 0.2) is 133 Å². The predicted octanol–water partition coefficient (Wildman–Crippen LogP) is 7.15. The summed E-state index contributed by atoms with van der Waals surface area (Å²) in [6, 6.07) is 36.4. The number of para-hydroxylation sites is 1. The Bertz CT molecular complexity index is 1800. The SMILES string of the molecule is COc1ccccc1/C=C(\NC(=O)c1ccccc1)C(=O)Nc1ccc(C(=O)/C=C/c2cccc3ccccc23)cc1. The van der Waals surface area contributed by atoms with Crippen molar-refractivity contribution in [3.8, 4) is 5.75 Å². The van der Waals surface area contributed by atoms with Crippen molar-refractivity contribution >= 4 is 46.2 Å². The van der Waals surface area contributed by atoms with Gasteiger partial charge in [0.2, 0.25) is 0 Å². The molecule has 2 N–H and O–H groups in total. The van der Waals surface area contributed by atoms with Gasteiger partial charge in [0.1, 0.15) is 11.4 Å². The summed E-state index contributed by atoms with van der Waals surface area (Å²) in [7, 11) is 1.54. The first-order valence-electron chi connectivity index (χ1n) is 13.3. The summed E-state index contributed by atoms with van der Waals surface area (Å²) >= 11 is 0. The van der Waals surface area contributed by atoms with Gasteiger partial charge in [0.05, 0.1) is 7.11 Å². The van der Waals surface area contributed by atoms with Crippen LogP contribution in [0.1, 0.15) is 31.8 Å². The number of benzene rings is 5. The van der Waals surface area contributed by atoms with Crippen molar-refractivity contribution in [2.45, 2.75) is 0 Å². The fraction of sp³-hybridized carbons (Fsp3) is 0.0278. The fourth-order valence-corrected chi connectivity index (χ4v) is 4.46. The third-order valence-corrected chi connectivity index (χ3v) is 6.63. The first-order valence-corrected chi connectivity index (χ1v) is 13.3. The molecule has 5 aromatic rings. The number of carbonyl (C=O) groups excluding carboxylic acids is 3. The number of fused-ring (bicyclic) bond motifs is 1. The van der Waals surface area contributed by atoms with E-state index in [0.717, 1.165) is 16.3 Å². The quantitative estimate of drug-likeness (QED) is 0.150. The lowest BCUT2D eigenvalue weighted by Crippen LogP contribution is -2.30. The van der Waals surface area contributed by atoms with E-state index in [0.29, 0.717) is 28.1 Å². The van der Waals surface area contributed by atoms with Gasteiger partial charge in [0.15, 0.2) is 5.78 Å². The summed E-state index contributed by atoms with van der Waals surface area (Å²) in [5, 5.41) is 7.70. The molecule has 0 unspecified atom stereocenters. The molecule has 0 aliphatic heterocycles. The lowest BCUT2D eigenvalue weighted by molar-refractivity contribution is -0.113. The van der Waals surface area contributed by atoms with Crippen LogP contribution in [0, 0.1) is 0 Å². The summed E-state index contributed by atoms with van der Waals surface area (Å²) < 4.78 is 5.41. The zero-order valence-corrected chi connectivity index (χ0v) is 22.9. The van der Waals surface area contributed by atoms with E-state index in [-0.39, 0.29) is 11.5 Å². The first kappa shape index (κ1) is 27.8. The molecule has 0 saturated carbocycles. The fourth-order valence-electron chi connectivity index (χ4n) is 4.46. The highest BCUT2D eigenvalue weighted by molar-refractivity contribution is 6.11. The Morgan fingerprint density at radius 2 is 1.33 bits per heavy atom. The molecule has 206 valence electrons. The molecule has 0 radical (unpaired) electrons. The highest BCUT2D eigenvalue weighted by Gasteiger charge is 2.16. The maximum atomic E-state index is 13.4. The lowest BCUT2D eigenvalue weighted by Gasteiger charge is -2.13. The minimum absolute atomic E-state index is 0.0338. The Morgan fingerprint density at radius 3 is 2.12 bits per heavy atom. The van der Waals surface area contributed by atoms with Crippen LogP contribution in [0.2, 0.25) is 0 Å². The minimum Gasteiger partial charge on any atom is -0.496 e. The van der Waals surface area contributed by atoms with Gasteiger partial charge in [-0.3, -0.25) is 14.4 Å². The van der Waals surface area contributed by atoms with Crippen molar-refractivity contribution in [2.75, 3.05) is 12.4 Å². The molecule has 6 nitrogen and oxygen atoms in total. The molecule has 5 aromatic carbocycles. The molecular formula is C36H28N2O4. The number of hydrogen-bond donors (Lipinski definition) is 2. The van der Waals surface area contributed by atoms with Gasteiger partial charge >= 0.3 is 0 Å². The Balaban J connectivity index is 1.33. The average molecular weight is 553 g/mol. The smallest absolute Gasteiger partial charge is 0.272 e. The van der Waals surface area contributed by atoms with Gasteiger partial charge in [-0.1, -0.05) is 84.9 Å².